The molecule has 0 saturated carbocycles. The summed E-state index contributed by atoms with van der Waals surface area (Å²) >= 11 is 0. The fourth-order valence-corrected chi connectivity index (χ4v) is 2.35. The summed E-state index contributed by atoms with van der Waals surface area (Å²) < 4.78 is 12.9. The number of hydrogen-bond donors (Lipinski definition) is 2. The molecule has 26 heavy (non-hydrogen) atoms. The van der Waals surface area contributed by atoms with Crippen molar-refractivity contribution in [3.63, 3.8) is 0 Å². The monoisotopic (exact) mass is 349 g/mol. The Labute approximate surface area is 149 Å². The molecule has 0 aliphatic carbocycles. The van der Waals surface area contributed by atoms with E-state index in [-0.39, 0.29) is 17.5 Å². The average Bonchev–Trinajstić information content (AvgIpc) is 2.64. The maximum atomic E-state index is 12.9. The Morgan fingerprint density at radius 1 is 0.885 bits per heavy atom. The maximum Gasteiger partial charge on any atom is 0.257 e. The van der Waals surface area contributed by atoms with Crippen LogP contribution in [0.3, 0.4) is 0 Å². The third-order valence-electron chi connectivity index (χ3n) is 3.66. The quantitative estimate of drug-likeness (QED) is 0.669. The van der Waals surface area contributed by atoms with E-state index < -0.39 is 0 Å². The number of rotatable bonds is 5. The van der Waals surface area contributed by atoms with Crippen LogP contribution in [0.5, 0.6) is 0 Å². The van der Waals surface area contributed by atoms with E-state index in [4.69, 9.17) is 0 Å². The van der Waals surface area contributed by atoms with Gasteiger partial charge in [-0.15, -0.1) is 0 Å². The molecule has 0 saturated heterocycles. The minimum Gasteiger partial charge on any atom is -0.354 e. The lowest BCUT2D eigenvalue weighted by molar-refractivity contribution is 0.101. The molecule has 3 rings (SSSR count). The van der Waals surface area contributed by atoms with Gasteiger partial charge in [0.15, 0.2) is 5.78 Å². The standard InChI is InChI=1S/C20H16FN3O2/c1-13(25)14-3-2-4-18(9-14)23-19-10-15(11-22-12-19)20(26)24-17-7-5-16(21)6-8-17/h2-12,23H,1H3,(H,24,26). The summed E-state index contributed by atoms with van der Waals surface area (Å²) in [6.45, 7) is 1.50. The third-order valence-corrected chi connectivity index (χ3v) is 3.66. The first kappa shape index (κ1) is 17.3. The lowest BCUT2D eigenvalue weighted by Gasteiger charge is -2.09. The Hall–Kier alpha value is -3.54. The van der Waals surface area contributed by atoms with Gasteiger partial charge in [-0.3, -0.25) is 14.6 Å². The molecule has 0 aliphatic heterocycles. The van der Waals surface area contributed by atoms with Crippen LogP contribution in [-0.2, 0) is 0 Å². The zero-order valence-electron chi connectivity index (χ0n) is 14.0. The smallest absolute Gasteiger partial charge is 0.257 e. The molecular weight excluding hydrogens is 333 g/mol. The van der Waals surface area contributed by atoms with Crippen molar-refractivity contribution in [3.05, 3.63) is 83.9 Å². The Morgan fingerprint density at radius 3 is 2.35 bits per heavy atom. The van der Waals surface area contributed by atoms with Crippen molar-refractivity contribution in [2.45, 2.75) is 6.92 Å². The molecular formula is C20H16FN3O2. The lowest BCUT2D eigenvalue weighted by atomic mass is 10.1. The number of benzene rings is 2. The number of anilines is 3. The number of aromatic nitrogens is 1. The van der Waals surface area contributed by atoms with Crippen LogP contribution in [0.15, 0.2) is 67.0 Å². The van der Waals surface area contributed by atoms with E-state index in [1.807, 2.05) is 6.07 Å². The SMILES string of the molecule is CC(=O)c1cccc(Nc2cncc(C(=O)Nc3ccc(F)cc3)c2)c1. The Morgan fingerprint density at radius 2 is 1.62 bits per heavy atom. The molecule has 0 fully saturated rings. The molecule has 1 aromatic heterocycles. The van der Waals surface area contributed by atoms with Crippen LogP contribution >= 0.6 is 0 Å². The fourth-order valence-electron chi connectivity index (χ4n) is 2.35. The number of carbonyl (C=O) groups is 2. The van der Waals surface area contributed by atoms with Crippen LogP contribution in [0.25, 0.3) is 0 Å². The molecule has 0 spiro atoms. The van der Waals surface area contributed by atoms with Crippen LogP contribution in [0.4, 0.5) is 21.5 Å². The second-order valence-electron chi connectivity index (χ2n) is 5.69. The van der Waals surface area contributed by atoms with Gasteiger partial charge in [-0.25, -0.2) is 4.39 Å². The van der Waals surface area contributed by atoms with Crippen molar-refractivity contribution < 1.29 is 14.0 Å². The molecule has 3 aromatic rings. The number of Topliss-reactive ketones (excluding diaryl/α,β-unsaturated/α-hetero) is 1. The topological polar surface area (TPSA) is 71.1 Å². The van der Waals surface area contributed by atoms with Gasteiger partial charge >= 0.3 is 0 Å². The minimum absolute atomic E-state index is 0.0285. The highest BCUT2D eigenvalue weighted by Gasteiger charge is 2.08. The zero-order chi connectivity index (χ0) is 18.5. The van der Waals surface area contributed by atoms with Crippen molar-refractivity contribution in [1.82, 2.24) is 4.98 Å². The van der Waals surface area contributed by atoms with E-state index >= 15 is 0 Å². The highest BCUT2D eigenvalue weighted by atomic mass is 19.1. The summed E-state index contributed by atoms with van der Waals surface area (Å²) in [5.74, 6) is -0.756. The third kappa shape index (κ3) is 4.30. The predicted molar refractivity (Wildman–Crippen MR) is 98.3 cm³/mol. The molecule has 1 heterocycles. The molecule has 0 atom stereocenters. The van der Waals surface area contributed by atoms with E-state index in [1.165, 1.54) is 37.4 Å². The molecule has 0 unspecified atom stereocenters. The summed E-state index contributed by atoms with van der Waals surface area (Å²) in [6, 6.07) is 14.2. The van der Waals surface area contributed by atoms with E-state index in [2.05, 4.69) is 15.6 Å². The summed E-state index contributed by atoms with van der Waals surface area (Å²) in [6.07, 6.45) is 3.02. The molecule has 0 bridgehead atoms. The number of nitrogens with zero attached hydrogens (tertiary/aromatic N) is 1. The largest absolute Gasteiger partial charge is 0.354 e. The van der Waals surface area contributed by atoms with Crippen molar-refractivity contribution in [2.75, 3.05) is 10.6 Å². The predicted octanol–water partition coefficient (Wildman–Crippen LogP) is 4.42. The van der Waals surface area contributed by atoms with Crippen molar-refractivity contribution in [2.24, 2.45) is 0 Å². The first-order chi connectivity index (χ1) is 12.5. The number of carbonyl (C=O) groups excluding carboxylic acids is 2. The highest BCUT2D eigenvalue weighted by molar-refractivity contribution is 6.04. The Bertz CT molecular complexity index is 955. The molecule has 0 radical (unpaired) electrons. The van der Waals surface area contributed by atoms with Crippen LogP contribution < -0.4 is 10.6 Å². The molecule has 1 amide bonds. The Kier molecular flexibility index (Phi) is 5.03. The second kappa shape index (κ2) is 7.57. The van der Waals surface area contributed by atoms with Gasteiger partial charge in [0.2, 0.25) is 0 Å². The molecule has 2 N–H and O–H groups in total. The number of amides is 1. The maximum absolute atomic E-state index is 12.9. The van der Waals surface area contributed by atoms with Gasteiger partial charge in [-0.2, -0.15) is 0 Å². The van der Waals surface area contributed by atoms with E-state index in [1.54, 1.807) is 30.5 Å². The van der Waals surface area contributed by atoms with Gasteiger partial charge in [0.05, 0.1) is 17.4 Å². The van der Waals surface area contributed by atoms with E-state index in [0.29, 0.717) is 22.5 Å². The number of nitrogens with one attached hydrogen (secondary N) is 2. The van der Waals surface area contributed by atoms with Crippen LogP contribution in [0, 0.1) is 5.82 Å². The van der Waals surface area contributed by atoms with E-state index in [9.17, 15) is 14.0 Å². The van der Waals surface area contributed by atoms with Gasteiger partial charge in [-0.05, 0) is 49.4 Å². The van der Waals surface area contributed by atoms with Crippen LogP contribution in [0.2, 0.25) is 0 Å². The summed E-state index contributed by atoms with van der Waals surface area (Å²) in [5.41, 5.74) is 2.76. The molecule has 5 nitrogen and oxygen atoms in total. The van der Waals surface area contributed by atoms with Crippen LogP contribution in [0.1, 0.15) is 27.6 Å². The fraction of sp³-hybridized carbons (Fsp3) is 0.0500. The number of hydrogen-bond acceptors (Lipinski definition) is 4. The first-order valence-corrected chi connectivity index (χ1v) is 7.91. The Balaban J connectivity index is 1.75. The molecule has 6 heteroatoms. The van der Waals surface area contributed by atoms with Crippen molar-refractivity contribution in [3.8, 4) is 0 Å². The van der Waals surface area contributed by atoms with E-state index in [0.717, 1.165) is 5.69 Å². The lowest BCUT2D eigenvalue weighted by Crippen LogP contribution is -2.12. The minimum atomic E-state index is -0.372. The van der Waals surface area contributed by atoms with Crippen molar-refractivity contribution >= 4 is 28.8 Å². The highest BCUT2D eigenvalue weighted by Crippen LogP contribution is 2.19. The van der Waals surface area contributed by atoms with Gasteiger partial charge in [0.1, 0.15) is 5.82 Å². The summed E-state index contributed by atoms with van der Waals surface area (Å²) in [4.78, 5) is 27.9. The van der Waals surface area contributed by atoms with Gasteiger partial charge < -0.3 is 10.6 Å². The average molecular weight is 349 g/mol. The van der Waals surface area contributed by atoms with Crippen molar-refractivity contribution in [1.29, 1.82) is 0 Å². The molecule has 0 aliphatic rings. The normalized spacial score (nSPS) is 10.2. The second-order valence-corrected chi connectivity index (χ2v) is 5.69. The number of halogens is 1. The molecule has 2 aromatic carbocycles. The number of pyridine rings is 1. The van der Waals surface area contributed by atoms with Gasteiger partial charge in [-0.1, -0.05) is 12.1 Å². The van der Waals surface area contributed by atoms with Crippen LogP contribution in [-0.4, -0.2) is 16.7 Å². The zero-order valence-corrected chi connectivity index (χ0v) is 14.0. The van der Waals surface area contributed by atoms with Gasteiger partial charge in [0.25, 0.3) is 5.91 Å². The molecule has 130 valence electrons. The number of ketones is 1. The first-order valence-electron chi connectivity index (χ1n) is 7.91. The summed E-state index contributed by atoms with van der Waals surface area (Å²) in [5, 5.41) is 5.80. The van der Waals surface area contributed by atoms with Gasteiger partial charge in [0, 0.05) is 23.1 Å². The summed E-state index contributed by atoms with van der Waals surface area (Å²) in [7, 11) is 0.